The Hall–Kier alpha value is -1.31. The molecule has 1 rings (SSSR count). The normalized spacial score (nSPS) is 13.0. The number of carbonyl (C=O) groups excluding carboxylic acids is 1. The van der Waals surface area contributed by atoms with Crippen LogP contribution < -0.4 is 0 Å². The summed E-state index contributed by atoms with van der Waals surface area (Å²) in [5.41, 5.74) is 0.0676. The van der Waals surface area contributed by atoms with Crippen LogP contribution in [0.15, 0.2) is 18.3 Å². The molecule has 0 saturated carbocycles. The maximum atomic E-state index is 13.3. The van der Waals surface area contributed by atoms with Gasteiger partial charge in [-0.15, -0.1) is 0 Å². The number of hydrogen-bond acceptors (Lipinski definition) is 8. The minimum atomic E-state index is -3.52. The molecular formula is C17H28NO7P. The largest absolute Gasteiger partial charge is 0.462 e. The van der Waals surface area contributed by atoms with Gasteiger partial charge >= 0.3 is 13.6 Å². The molecule has 0 N–H and O–H groups in total. The summed E-state index contributed by atoms with van der Waals surface area (Å²) in [6, 6.07) is 3.19. The lowest BCUT2D eigenvalue weighted by molar-refractivity contribution is -0.107. The Morgan fingerprint density at radius 2 is 1.69 bits per heavy atom. The minimum absolute atomic E-state index is 0.218. The number of aromatic nitrogens is 1. The number of nitrogens with zero attached hydrogens (tertiary/aromatic N) is 1. The van der Waals surface area contributed by atoms with Gasteiger partial charge in [-0.05, 0) is 32.9 Å². The molecule has 0 aliphatic heterocycles. The summed E-state index contributed by atoms with van der Waals surface area (Å²) in [5.74, 6) is -0.465. The number of esters is 1. The molecular weight excluding hydrogens is 361 g/mol. The van der Waals surface area contributed by atoms with Crippen molar-refractivity contribution in [3.05, 3.63) is 29.6 Å². The fourth-order valence-electron chi connectivity index (χ4n) is 2.40. The third kappa shape index (κ3) is 6.14. The Morgan fingerprint density at radius 1 is 1.08 bits per heavy atom. The van der Waals surface area contributed by atoms with E-state index >= 15 is 0 Å². The molecule has 1 unspecified atom stereocenters. The number of methoxy groups -OCH3 is 2. The van der Waals surface area contributed by atoms with Crippen molar-refractivity contribution < 1.29 is 32.6 Å². The van der Waals surface area contributed by atoms with Crippen LogP contribution in [0.25, 0.3) is 0 Å². The molecule has 0 saturated heterocycles. The van der Waals surface area contributed by atoms with Crippen LogP contribution in [0.4, 0.5) is 0 Å². The standard InChI is InChI=1S/C17H28NO7P/c1-6-23-17(19)13-9-10-14(18-12-13)15(11-16(21-4)22-5)26(20,24-7-2)25-8-3/h9-10,12,15-16H,6-8,11H2,1-5H3. The predicted molar refractivity (Wildman–Crippen MR) is 96.2 cm³/mol. The first kappa shape index (κ1) is 22.7. The van der Waals surface area contributed by atoms with Crippen molar-refractivity contribution in [3.63, 3.8) is 0 Å². The molecule has 0 amide bonds. The first-order chi connectivity index (χ1) is 12.4. The summed E-state index contributed by atoms with van der Waals surface area (Å²) in [7, 11) is -0.532. The maximum Gasteiger partial charge on any atom is 0.339 e. The van der Waals surface area contributed by atoms with Gasteiger partial charge in [-0.3, -0.25) is 9.55 Å². The molecule has 0 aromatic carbocycles. The van der Waals surface area contributed by atoms with Crippen LogP contribution in [0.5, 0.6) is 0 Å². The molecule has 148 valence electrons. The van der Waals surface area contributed by atoms with Gasteiger partial charge in [0.15, 0.2) is 6.29 Å². The molecule has 0 spiro atoms. The highest BCUT2D eigenvalue weighted by Gasteiger charge is 2.39. The second-order valence-corrected chi connectivity index (χ2v) is 7.44. The minimum Gasteiger partial charge on any atom is -0.462 e. The van der Waals surface area contributed by atoms with E-state index in [0.717, 1.165) is 0 Å². The van der Waals surface area contributed by atoms with Crippen LogP contribution >= 0.6 is 7.60 Å². The molecule has 1 heterocycles. The molecule has 0 aliphatic rings. The third-order valence-corrected chi connectivity index (χ3v) is 6.06. The van der Waals surface area contributed by atoms with Gasteiger partial charge in [-0.1, -0.05) is 0 Å². The lowest BCUT2D eigenvalue weighted by Gasteiger charge is -2.28. The molecule has 1 atom stereocenters. The number of pyridine rings is 1. The Bertz CT molecular complexity index is 579. The molecule has 9 heteroatoms. The Labute approximate surface area is 154 Å². The van der Waals surface area contributed by atoms with Crippen LogP contribution in [-0.2, 0) is 27.8 Å². The van der Waals surface area contributed by atoms with Crippen LogP contribution in [0.3, 0.4) is 0 Å². The third-order valence-electron chi connectivity index (χ3n) is 3.58. The smallest absolute Gasteiger partial charge is 0.339 e. The summed E-state index contributed by atoms with van der Waals surface area (Å²) in [6.45, 7) is 5.93. The van der Waals surface area contributed by atoms with Crippen LogP contribution in [0.1, 0.15) is 48.9 Å². The van der Waals surface area contributed by atoms with E-state index in [9.17, 15) is 9.36 Å². The van der Waals surface area contributed by atoms with Gasteiger partial charge in [0.1, 0.15) is 5.66 Å². The first-order valence-corrected chi connectivity index (χ1v) is 10.1. The van der Waals surface area contributed by atoms with Crippen molar-refractivity contribution in [3.8, 4) is 0 Å². The van der Waals surface area contributed by atoms with Gasteiger partial charge < -0.3 is 23.3 Å². The van der Waals surface area contributed by atoms with Crippen LogP contribution in [-0.4, -0.2) is 51.3 Å². The number of carbonyl (C=O) groups is 1. The fraction of sp³-hybridized carbons (Fsp3) is 0.647. The van der Waals surface area contributed by atoms with E-state index in [2.05, 4.69) is 4.98 Å². The van der Waals surface area contributed by atoms with Crippen molar-refractivity contribution in [2.24, 2.45) is 0 Å². The summed E-state index contributed by atoms with van der Waals surface area (Å²) in [4.78, 5) is 16.1. The SMILES string of the molecule is CCOC(=O)c1ccc(C(CC(OC)OC)P(=O)(OCC)OCC)nc1. The highest BCUT2D eigenvalue weighted by Crippen LogP contribution is 2.62. The van der Waals surface area contributed by atoms with Gasteiger partial charge in [0, 0.05) is 26.8 Å². The van der Waals surface area contributed by atoms with Gasteiger partial charge in [0.05, 0.1) is 31.1 Å². The van der Waals surface area contributed by atoms with Gasteiger partial charge in [0.2, 0.25) is 0 Å². The Kier molecular flexibility index (Phi) is 9.98. The monoisotopic (exact) mass is 389 g/mol. The molecule has 0 bridgehead atoms. The van der Waals surface area contributed by atoms with E-state index in [1.54, 1.807) is 32.9 Å². The zero-order valence-corrected chi connectivity index (χ0v) is 16.9. The molecule has 1 aromatic rings. The quantitative estimate of drug-likeness (QED) is 0.304. The number of ether oxygens (including phenoxy) is 3. The molecule has 26 heavy (non-hydrogen) atoms. The van der Waals surface area contributed by atoms with Crippen molar-refractivity contribution in [2.75, 3.05) is 34.0 Å². The molecule has 0 aliphatic carbocycles. The maximum absolute atomic E-state index is 13.3. The summed E-state index contributed by atoms with van der Waals surface area (Å²) >= 11 is 0. The summed E-state index contributed by atoms with van der Waals surface area (Å²) in [6.07, 6.45) is 0.994. The summed E-state index contributed by atoms with van der Waals surface area (Å²) in [5, 5.41) is 0. The van der Waals surface area contributed by atoms with E-state index in [4.69, 9.17) is 23.3 Å². The highest BCUT2D eigenvalue weighted by molar-refractivity contribution is 7.54. The fourth-order valence-corrected chi connectivity index (χ4v) is 4.46. The van der Waals surface area contributed by atoms with Crippen molar-refractivity contribution in [1.29, 1.82) is 0 Å². The lowest BCUT2D eigenvalue weighted by Crippen LogP contribution is -2.20. The highest BCUT2D eigenvalue weighted by atomic mass is 31.2. The topological polar surface area (TPSA) is 93.2 Å². The number of hydrogen-bond donors (Lipinski definition) is 0. The van der Waals surface area contributed by atoms with Crippen LogP contribution in [0, 0.1) is 0 Å². The van der Waals surface area contributed by atoms with Gasteiger partial charge in [0.25, 0.3) is 0 Å². The van der Waals surface area contributed by atoms with E-state index in [-0.39, 0.29) is 26.2 Å². The van der Waals surface area contributed by atoms with Gasteiger partial charge in [-0.2, -0.15) is 0 Å². The van der Waals surface area contributed by atoms with E-state index in [0.29, 0.717) is 11.3 Å². The van der Waals surface area contributed by atoms with E-state index in [1.807, 2.05) is 0 Å². The summed E-state index contributed by atoms with van der Waals surface area (Å²) < 4.78 is 39.7. The van der Waals surface area contributed by atoms with E-state index < -0.39 is 25.5 Å². The van der Waals surface area contributed by atoms with Crippen molar-refractivity contribution in [1.82, 2.24) is 4.98 Å². The van der Waals surface area contributed by atoms with Crippen molar-refractivity contribution in [2.45, 2.75) is 39.1 Å². The van der Waals surface area contributed by atoms with E-state index in [1.165, 1.54) is 20.4 Å². The van der Waals surface area contributed by atoms with Crippen LogP contribution in [0.2, 0.25) is 0 Å². The molecule has 1 aromatic heterocycles. The number of rotatable bonds is 12. The molecule has 8 nitrogen and oxygen atoms in total. The molecule has 0 radical (unpaired) electrons. The molecule has 0 fully saturated rings. The second kappa shape index (κ2) is 11.4. The second-order valence-electron chi connectivity index (χ2n) is 5.22. The average Bonchev–Trinajstić information content (AvgIpc) is 2.63. The Morgan fingerprint density at radius 3 is 2.12 bits per heavy atom. The first-order valence-electron chi connectivity index (χ1n) is 8.53. The zero-order valence-electron chi connectivity index (χ0n) is 16.0. The lowest BCUT2D eigenvalue weighted by atomic mass is 10.2. The zero-order chi connectivity index (χ0) is 19.6. The predicted octanol–water partition coefficient (Wildman–Crippen LogP) is 3.57. The van der Waals surface area contributed by atoms with Crippen molar-refractivity contribution >= 4 is 13.6 Å². The van der Waals surface area contributed by atoms with Gasteiger partial charge in [-0.25, -0.2) is 4.79 Å². The Balaban J connectivity index is 3.22. The average molecular weight is 389 g/mol.